The zero-order valence-corrected chi connectivity index (χ0v) is 27.3. The number of carbonyl (C=O) groups excluding carboxylic acids is 2. The van der Waals surface area contributed by atoms with Crippen LogP contribution in [0.2, 0.25) is 0 Å². The number of methoxy groups -OCH3 is 1. The number of benzene rings is 4. The van der Waals surface area contributed by atoms with Crippen molar-refractivity contribution < 1.29 is 22.7 Å². The summed E-state index contributed by atoms with van der Waals surface area (Å²) in [6.45, 7) is 7.09. The Hall–Kier alpha value is -4.63. The third kappa shape index (κ3) is 8.51. The van der Waals surface area contributed by atoms with Gasteiger partial charge in [-0.2, -0.15) is 0 Å². The van der Waals surface area contributed by atoms with E-state index in [2.05, 4.69) is 5.32 Å². The van der Waals surface area contributed by atoms with Gasteiger partial charge in [-0.25, -0.2) is 8.42 Å². The van der Waals surface area contributed by atoms with Crippen LogP contribution in [0.25, 0.3) is 0 Å². The molecular weight excluding hydrogens is 586 g/mol. The summed E-state index contributed by atoms with van der Waals surface area (Å²) in [5, 5.41) is 2.98. The largest absolute Gasteiger partial charge is 0.495 e. The SMILES string of the molecule is COc1ccc(C)cc1N(CC(=O)N(Cc1ccc(C)cc1)[C@H](Cc1ccccc1)C(=O)NC(C)C)S(=O)(=O)c1ccccc1. The van der Waals surface area contributed by atoms with Gasteiger partial charge in [0, 0.05) is 19.0 Å². The molecule has 0 saturated carbocycles. The number of nitrogens with one attached hydrogen (secondary N) is 1. The Balaban J connectivity index is 1.84. The predicted octanol–water partition coefficient (Wildman–Crippen LogP) is 5.67. The van der Waals surface area contributed by atoms with E-state index >= 15 is 0 Å². The summed E-state index contributed by atoms with van der Waals surface area (Å²) in [6.07, 6.45) is 0.246. The Kier molecular flexibility index (Phi) is 11.0. The Morgan fingerprint density at radius 3 is 2.00 bits per heavy atom. The molecule has 0 aromatic heterocycles. The number of hydrogen-bond donors (Lipinski definition) is 1. The fourth-order valence-electron chi connectivity index (χ4n) is 5.05. The van der Waals surface area contributed by atoms with Crippen LogP contribution in [0.3, 0.4) is 0 Å². The van der Waals surface area contributed by atoms with Gasteiger partial charge in [0.2, 0.25) is 11.8 Å². The number of anilines is 1. The molecule has 4 aromatic rings. The van der Waals surface area contributed by atoms with Crippen LogP contribution in [-0.2, 0) is 32.6 Å². The Labute approximate surface area is 266 Å². The minimum atomic E-state index is -4.23. The highest BCUT2D eigenvalue weighted by Gasteiger charge is 2.35. The molecule has 0 aliphatic heterocycles. The van der Waals surface area contributed by atoms with Crippen LogP contribution in [0, 0.1) is 13.8 Å². The smallest absolute Gasteiger partial charge is 0.264 e. The van der Waals surface area contributed by atoms with Crippen molar-refractivity contribution in [3.8, 4) is 5.75 Å². The molecule has 0 aliphatic rings. The summed E-state index contributed by atoms with van der Waals surface area (Å²) in [7, 11) is -2.77. The van der Waals surface area contributed by atoms with Crippen molar-refractivity contribution >= 4 is 27.5 Å². The number of sulfonamides is 1. The first-order valence-corrected chi connectivity index (χ1v) is 16.4. The fourth-order valence-corrected chi connectivity index (χ4v) is 6.49. The van der Waals surface area contributed by atoms with Crippen LogP contribution in [-0.4, -0.2) is 50.9 Å². The quantitative estimate of drug-likeness (QED) is 0.206. The van der Waals surface area contributed by atoms with E-state index in [1.54, 1.807) is 30.3 Å². The predicted molar refractivity (Wildman–Crippen MR) is 178 cm³/mol. The van der Waals surface area contributed by atoms with Crippen LogP contribution < -0.4 is 14.4 Å². The summed E-state index contributed by atoms with van der Waals surface area (Å²) < 4.78 is 35.1. The van der Waals surface area contributed by atoms with Gasteiger partial charge in [-0.1, -0.05) is 84.4 Å². The van der Waals surface area contributed by atoms with Gasteiger partial charge in [-0.15, -0.1) is 0 Å². The van der Waals surface area contributed by atoms with Crippen LogP contribution in [0.5, 0.6) is 5.75 Å². The van der Waals surface area contributed by atoms with Crippen LogP contribution in [0.15, 0.2) is 108 Å². The highest BCUT2D eigenvalue weighted by Crippen LogP contribution is 2.34. The average molecular weight is 628 g/mol. The molecule has 0 radical (unpaired) electrons. The highest BCUT2D eigenvalue weighted by molar-refractivity contribution is 7.92. The monoisotopic (exact) mass is 627 g/mol. The molecule has 4 rings (SSSR count). The van der Waals surface area contributed by atoms with Gasteiger partial charge < -0.3 is 15.0 Å². The lowest BCUT2D eigenvalue weighted by atomic mass is 10.0. The van der Waals surface area contributed by atoms with E-state index in [1.807, 2.05) is 88.4 Å². The van der Waals surface area contributed by atoms with E-state index in [4.69, 9.17) is 4.74 Å². The Bertz CT molecular complexity index is 1690. The lowest BCUT2D eigenvalue weighted by molar-refractivity contribution is -0.140. The number of aryl methyl sites for hydroxylation is 2. The normalized spacial score (nSPS) is 12.0. The summed E-state index contributed by atoms with van der Waals surface area (Å²) in [4.78, 5) is 29.9. The summed E-state index contributed by atoms with van der Waals surface area (Å²) in [5.41, 5.74) is 3.77. The lowest BCUT2D eigenvalue weighted by Gasteiger charge is -2.34. The number of amides is 2. The van der Waals surface area contributed by atoms with Crippen molar-refractivity contribution in [1.29, 1.82) is 0 Å². The minimum absolute atomic E-state index is 0.0323. The van der Waals surface area contributed by atoms with Crippen molar-refractivity contribution in [2.75, 3.05) is 18.0 Å². The molecule has 0 spiro atoms. The van der Waals surface area contributed by atoms with Gasteiger partial charge in [0.15, 0.2) is 0 Å². The highest BCUT2D eigenvalue weighted by atomic mass is 32.2. The number of carbonyl (C=O) groups is 2. The topological polar surface area (TPSA) is 96.0 Å². The van der Waals surface area contributed by atoms with Crippen LogP contribution in [0.1, 0.15) is 36.1 Å². The maximum absolute atomic E-state index is 14.6. The van der Waals surface area contributed by atoms with E-state index in [-0.39, 0.29) is 35.5 Å². The van der Waals surface area contributed by atoms with E-state index in [9.17, 15) is 18.0 Å². The van der Waals surface area contributed by atoms with Crippen molar-refractivity contribution in [3.05, 3.63) is 125 Å². The third-order valence-corrected chi connectivity index (χ3v) is 9.16. The molecule has 0 unspecified atom stereocenters. The standard InChI is InChI=1S/C36H41N3O5S/c1-26(2)37-36(41)33(23-29-12-8-6-9-13-29)38(24-30-19-16-27(3)17-20-30)35(40)25-39(32-22-28(4)18-21-34(32)44-5)45(42,43)31-14-10-7-11-15-31/h6-22,26,33H,23-25H2,1-5H3,(H,37,41)/t33-/m1/s1. The molecule has 45 heavy (non-hydrogen) atoms. The molecule has 1 N–H and O–H groups in total. The zero-order valence-electron chi connectivity index (χ0n) is 26.4. The molecule has 0 heterocycles. The van der Waals surface area contributed by atoms with E-state index in [1.165, 1.54) is 24.1 Å². The van der Waals surface area contributed by atoms with Gasteiger partial charge in [-0.05, 0) is 68.7 Å². The Morgan fingerprint density at radius 1 is 0.800 bits per heavy atom. The molecule has 8 nitrogen and oxygen atoms in total. The zero-order chi connectivity index (χ0) is 32.6. The van der Waals surface area contributed by atoms with Crippen molar-refractivity contribution in [3.63, 3.8) is 0 Å². The molecular formula is C36H41N3O5S. The first-order valence-electron chi connectivity index (χ1n) is 14.9. The molecule has 0 aliphatic carbocycles. The molecule has 9 heteroatoms. The van der Waals surface area contributed by atoms with E-state index < -0.39 is 28.5 Å². The second kappa shape index (κ2) is 14.9. The van der Waals surface area contributed by atoms with Gasteiger partial charge >= 0.3 is 0 Å². The van der Waals surface area contributed by atoms with E-state index in [0.717, 1.165) is 26.6 Å². The minimum Gasteiger partial charge on any atom is -0.495 e. The first-order chi connectivity index (χ1) is 21.5. The molecule has 0 bridgehead atoms. The van der Waals surface area contributed by atoms with E-state index in [0.29, 0.717) is 5.75 Å². The number of nitrogens with zero attached hydrogens (tertiary/aromatic N) is 2. The molecule has 4 aromatic carbocycles. The van der Waals surface area contributed by atoms with Crippen LogP contribution in [0.4, 0.5) is 5.69 Å². The number of hydrogen-bond acceptors (Lipinski definition) is 5. The average Bonchev–Trinajstić information content (AvgIpc) is 3.02. The van der Waals surface area contributed by atoms with Crippen LogP contribution >= 0.6 is 0 Å². The summed E-state index contributed by atoms with van der Waals surface area (Å²) in [6, 6.07) is 29.3. The van der Waals surface area contributed by atoms with Gasteiger partial charge in [0.05, 0.1) is 17.7 Å². The number of ether oxygens (including phenoxy) is 1. The summed E-state index contributed by atoms with van der Waals surface area (Å²) >= 11 is 0. The molecule has 0 fully saturated rings. The second-order valence-electron chi connectivity index (χ2n) is 11.4. The van der Waals surface area contributed by atoms with Gasteiger partial charge in [0.25, 0.3) is 10.0 Å². The first kappa shape index (κ1) is 33.3. The van der Waals surface area contributed by atoms with Crippen molar-refractivity contribution in [2.24, 2.45) is 0 Å². The molecule has 236 valence electrons. The number of rotatable bonds is 13. The van der Waals surface area contributed by atoms with Gasteiger partial charge in [-0.3, -0.25) is 13.9 Å². The second-order valence-corrected chi connectivity index (χ2v) is 13.2. The maximum Gasteiger partial charge on any atom is 0.264 e. The van der Waals surface area contributed by atoms with Crippen molar-refractivity contribution in [1.82, 2.24) is 10.2 Å². The molecule has 0 saturated heterocycles. The third-order valence-electron chi connectivity index (χ3n) is 7.39. The summed E-state index contributed by atoms with van der Waals surface area (Å²) in [5.74, 6) is -0.547. The maximum atomic E-state index is 14.6. The van der Waals surface area contributed by atoms with Gasteiger partial charge in [0.1, 0.15) is 18.3 Å². The Morgan fingerprint density at radius 2 is 1.40 bits per heavy atom. The fraction of sp³-hybridized carbons (Fsp3) is 0.278. The van der Waals surface area contributed by atoms with Crippen molar-refractivity contribution in [2.45, 2.75) is 57.6 Å². The molecule has 2 amide bonds. The molecule has 1 atom stereocenters. The lowest BCUT2D eigenvalue weighted by Crippen LogP contribution is -2.54.